The molecule has 2 aromatic carbocycles. The van der Waals surface area contributed by atoms with Crippen molar-refractivity contribution in [3.63, 3.8) is 0 Å². The summed E-state index contributed by atoms with van der Waals surface area (Å²) >= 11 is 8.12. The predicted octanol–water partition coefficient (Wildman–Crippen LogP) is 7.26. The van der Waals surface area contributed by atoms with E-state index in [1.807, 2.05) is 44.2 Å². The highest BCUT2D eigenvalue weighted by molar-refractivity contribution is 7.25. The molecular formula is C27H28ClN3O3S. The zero-order chi connectivity index (χ0) is 24.5. The van der Waals surface area contributed by atoms with E-state index >= 15 is 0 Å². The number of aliphatic carboxylic acids is 1. The first-order valence-electron chi connectivity index (χ1n) is 12.0. The molecule has 0 spiro atoms. The van der Waals surface area contributed by atoms with E-state index in [4.69, 9.17) is 26.3 Å². The summed E-state index contributed by atoms with van der Waals surface area (Å²) in [5.74, 6) is 1.50. The van der Waals surface area contributed by atoms with Crippen LogP contribution in [0.5, 0.6) is 5.75 Å². The van der Waals surface area contributed by atoms with Gasteiger partial charge >= 0.3 is 5.97 Å². The highest BCUT2D eigenvalue weighted by atomic mass is 35.5. The summed E-state index contributed by atoms with van der Waals surface area (Å²) in [5, 5.41) is 15.6. The molecule has 1 saturated carbocycles. The number of fused-ring (bicyclic) bond motifs is 3. The number of nitrogens with zero attached hydrogens (tertiary/aromatic N) is 2. The molecule has 182 valence electrons. The number of anilines is 1. The maximum absolute atomic E-state index is 11.4. The lowest BCUT2D eigenvalue weighted by Crippen LogP contribution is -2.21. The van der Waals surface area contributed by atoms with Gasteiger partial charge in [-0.2, -0.15) is 0 Å². The van der Waals surface area contributed by atoms with E-state index in [1.54, 1.807) is 11.3 Å². The molecular weight excluding hydrogens is 482 g/mol. The summed E-state index contributed by atoms with van der Waals surface area (Å²) in [6, 6.07) is 14.1. The van der Waals surface area contributed by atoms with Crippen LogP contribution in [0.15, 0.2) is 42.5 Å². The molecule has 2 aromatic heterocycles. The Morgan fingerprint density at radius 1 is 1.17 bits per heavy atom. The summed E-state index contributed by atoms with van der Waals surface area (Å²) in [7, 11) is 0. The Labute approximate surface area is 213 Å². The van der Waals surface area contributed by atoms with E-state index in [0.29, 0.717) is 30.2 Å². The van der Waals surface area contributed by atoms with Crippen LogP contribution in [-0.2, 0) is 11.3 Å². The molecule has 0 amide bonds. The second-order valence-electron chi connectivity index (χ2n) is 9.38. The minimum atomic E-state index is -0.699. The third-order valence-electron chi connectivity index (χ3n) is 6.52. The Balaban J connectivity index is 1.46. The Kier molecular flexibility index (Phi) is 6.80. The first-order valence-corrected chi connectivity index (χ1v) is 13.2. The highest BCUT2D eigenvalue weighted by Crippen LogP contribution is 2.40. The van der Waals surface area contributed by atoms with E-state index < -0.39 is 5.97 Å². The summed E-state index contributed by atoms with van der Waals surface area (Å²) in [4.78, 5) is 22.3. The van der Waals surface area contributed by atoms with Gasteiger partial charge in [0.1, 0.15) is 22.2 Å². The summed E-state index contributed by atoms with van der Waals surface area (Å²) < 4.78 is 6.93. The number of thiophene rings is 1. The number of hydrogen-bond donors (Lipinski definition) is 2. The Hall–Kier alpha value is -2.90. The molecule has 0 aliphatic heterocycles. The van der Waals surface area contributed by atoms with E-state index in [0.717, 1.165) is 45.7 Å². The average molecular weight is 510 g/mol. The number of aromatic nitrogens is 2. The molecule has 35 heavy (non-hydrogen) atoms. The first-order chi connectivity index (χ1) is 16.9. The van der Waals surface area contributed by atoms with Gasteiger partial charge in [0.2, 0.25) is 0 Å². The maximum atomic E-state index is 11.4. The second-order valence-corrected chi connectivity index (χ2v) is 10.8. The van der Waals surface area contributed by atoms with Crippen molar-refractivity contribution in [2.24, 2.45) is 5.92 Å². The molecule has 2 N–H and O–H groups in total. The second kappa shape index (κ2) is 9.99. The van der Waals surface area contributed by atoms with Crippen molar-refractivity contribution in [2.75, 3.05) is 5.32 Å². The van der Waals surface area contributed by atoms with Gasteiger partial charge in [0, 0.05) is 22.5 Å². The molecule has 1 aliphatic rings. The van der Waals surface area contributed by atoms with Gasteiger partial charge < -0.3 is 15.2 Å². The predicted molar refractivity (Wildman–Crippen MR) is 142 cm³/mol. The topological polar surface area (TPSA) is 84.3 Å². The number of nitrogens with one attached hydrogen (secondary N) is 1. The molecule has 0 radical (unpaired) electrons. The molecule has 4 aromatic rings. The molecule has 0 unspecified atom stereocenters. The van der Waals surface area contributed by atoms with Crippen molar-refractivity contribution >= 4 is 55.0 Å². The van der Waals surface area contributed by atoms with Gasteiger partial charge in [0.25, 0.3) is 0 Å². The number of carboxylic acid groups (broad SMARTS) is 1. The lowest BCUT2D eigenvalue weighted by atomic mass is 9.81. The van der Waals surface area contributed by atoms with Crippen LogP contribution in [0.3, 0.4) is 0 Å². The molecule has 0 atom stereocenters. The lowest BCUT2D eigenvalue weighted by Gasteiger charge is -2.25. The van der Waals surface area contributed by atoms with Crippen LogP contribution < -0.4 is 10.1 Å². The summed E-state index contributed by atoms with van der Waals surface area (Å²) in [6.07, 6.45) is 2.97. The summed E-state index contributed by atoms with van der Waals surface area (Å²) in [5.41, 5.74) is 1.03. The van der Waals surface area contributed by atoms with Gasteiger partial charge in [-0.25, -0.2) is 9.97 Å². The summed E-state index contributed by atoms with van der Waals surface area (Å²) in [6.45, 7) is 4.51. The van der Waals surface area contributed by atoms with Crippen LogP contribution >= 0.6 is 22.9 Å². The zero-order valence-electron chi connectivity index (χ0n) is 19.8. The van der Waals surface area contributed by atoms with Gasteiger partial charge in [-0.1, -0.05) is 35.9 Å². The Bertz CT molecular complexity index is 1380. The van der Waals surface area contributed by atoms with Gasteiger partial charge in [0.05, 0.1) is 22.4 Å². The van der Waals surface area contributed by atoms with Crippen LogP contribution in [0.2, 0.25) is 5.02 Å². The van der Waals surface area contributed by atoms with Crippen molar-refractivity contribution in [1.29, 1.82) is 0 Å². The molecule has 1 aliphatic carbocycles. The number of benzene rings is 2. The average Bonchev–Trinajstić information content (AvgIpc) is 3.22. The van der Waals surface area contributed by atoms with E-state index in [1.165, 1.54) is 4.70 Å². The number of carboxylic acids is 1. The monoisotopic (exact) mass is 509 g/mol. The van der Waals surface area contributed by atoms with Gasteiger partial charge in [-0.05, 0) is 63.3 Å². The molecule has 6 nitrogen and oxygen atoms in total. The standard InChI is InChI=1S/C27H28ClN3O3S/c1-15(2)34-21-12-7-16(13-20(21)28)14-29-25-23-19-5-3-4-6-22(19)35-26(23)31-24(30-25)17-8-10-18(11-9-17)27(32)33/h3-7,12-13,15,17-18H,8-11,14H2,1-2H3,(H,32,33)(H,29,30,31). The molecule has 5 rings (SSSR count). The normalized spacial score (nSPS) is 18.3. The number of carbonyl (C=O) groups is 1. The zero-order valence-corrected chi connectivity index (χ0v) is 21.3. The van der Waals surface area contributed by atoms with E-state index in [-0.39, 0.29) is 17.9 Å². The molecule has 2 heterocycles. The number of rotatable bonds is 7. The minimum Gasteiger partial charge on any atom is -0.489 e. The first kappa shape index (κ1) is 23.8. The van der Waals surface area contributed by atoms with Crippen LogP contribution in [0.25, 0.3) is 20.3 Å². The molecule has 8 heteroatoms. The van der Waals surface area contributed by atoms with Crippen molar-refractivity contribution < 1.29 is 14.6 Å². The molecule has 1 fully saturated rings. The van der Waals surface area contributed by atoms with E-state index in [9.17, 15) is 9.90 Å². The van der Waals surface area contributed by atoms with Gasteiger partial charge in [0.15, 0.2) is 0 Å². The largest absolute Gasteiger partial charge is 0.489 e. The highest BCUT2D eigenvalue weighted by Gasteiger charge is 2.29. The van der Waals surface area contributed by atoms with Crippen LogP contribution in [-0.4, -0.2) is 27.1 Å². The van der Waals surface area contributed by atoms with Crippen LogP contribution in [0, 0.1) is 5.92 Å². The molecule has 0 saturated heterocycles. The van der Waals surface area contributed by atoms with Gasteiger partial charge in [-0.3, -0.25) is 4.79 Å². The quantitative estimate of drug-likeness (QED) is 0.273. The minimum absolute atomic E-state index is 0.0571. The third-order valence-corrected chi connectivity index (χ3v) is 7.88. The van der Waals surface area contributed by atoms with Crippen molar-refractivity contribution in [3.05, 3.63) is 58.9 Å². The maximum Gasteiger partial charge on any atom is 0.306 e. The molecule has 0 bridgehead atoms. The number of halogens is 1. The fraction of sp³-hybridized carbons (Fsp3) is 0.370. The van der Waals surface area contributed by atoms with Crippen molar-refractivity contribution in [1.82, 2.24) is 9.97 Å². The van der Waals surface area contributed by atoms with Crippen LogP contribution in [0.4, 0.5) is 5.82 Å². The number of hydrogen-bond acceptors (Lipinski definition) is 6. The van der Waals surface area contributed by atoms with Crippen LogP contribution in [0.1, 0.15) is 56.8 Å². The number of ether oxygens (including phenoxy) is 1. The SMILES string of the molecule is CC(C)Oc1ccc(CNc2nc(C3CCC(C(=O)O)CC3)nc3sc4ccccc4c23)cc1Cl. The third kappa shape index (κ3) is 5.07. The Morgan fingerprint density at radius 3 is 2.66 bits per heavy atom. The smallest absolute Gasteiger partial charge is 0.306 e. The van der Waals surface area contributed by atoms with E-state index in [2.05, 4.69) is 17.4 Å². The van der Waals surface area contributed by atoms with Gasteiger partial charge in [-0.15, -0.1) is 11.3 Å². The van der Waals surface area contributed by atoms with Crippen molar-refractivity contribution in [2.45, 2.75) is 58.1 Å². The fourth-order valence-electron chi connectivity index (χ4n) is 4.74. The lowest BCUT2D eigenvalue weighted by molar-refractivity contribution is -0.142. The Morgan fingerprint density at radius 2 is 1.94 bits per heavy atom. The van der Waals surface area contributed by atoms with Crippen molar-refractivity contribution in [3.8, 4) is 5.75 Å². The fourth-order valence-corrected chi connectivity index (χ4v) is 6.07.